The summed E-state index contributed by atoms with van der Waals surface area (Å²) in [4.78, 5) is 0. The van der Waals surface area contributed by atoms with Crippen molar-refractivity contribution in [3.8, 4) is 0 Å². The van der Waals surface area contributed by atoms with Crippen LogP contribution in [0.25, 0.3) is 0 Å². The van der Waals surface area contributed by atoms with E-state index in [9.17, 15) is 0 Å². The van der Waals surface area contributed by atoms with E-state index in [4.69, 9.17) is 0 Å². The Balaban J connectivity index is 2.13. The minimum atomic E-state index is 0.663. The Hall–Kier alpha value is -0.830. The van der Waals surface area contributed by atoms with E-state index in [0.29, 0.717) is 6.04 Å². The van der Waals surface area contributed by atoms with E-state index in [2.05, 4.69) is 17.3 Å². The normalized spacial score (nSPS) is 13.1. The second-order valence-electron chi connectivity index (χ2n) is 3.31. The molecule has 0 spiro atoms. The van der Waals surface area contributed by atoms with E-state index in [1.807, 2.05) is 30.2 Å². The lowest BCUT2D eigenvalue weighted by atomic mass is 10.1. The molecule has 74 valence electrons. The highest BCUT2D eigenvalue weighted by Gasteiger charge is 2.01. The van der Waals surface area contributed by atoms with Crippen LogP contribution in [0.2, 0.25) is 0 Å². The van der Waals surface area contributed by atoms with Crippen LogP contribution in [0.1, 0.15) is 26.2 Å². The molecular formula is C10H19N3. The van der Waals surface area contributed by atoms with Crippen LogP contribution in [-0.2, 0) is 6.54 Å². The summed E-state index contributed by atoms with van der Waals surface area (Å²) >= 11 is 0. The van der Waals surface area contributed by atoms with Crippen LogP contribution in [0, 0.1) is 0 Å². The summed E-state index contributed by atoms with van der Waals surface area (Å²) in [6, 6.07) is 2.63. The summed E-state index contributed by atoms with van der Waals surface area (Å²) < 4.78 is 1.99. The first-order chi connectivity index (χ1) is 6.36. The third-order valence-electron chi connectivity index (χ3n) is 2.40. The number of aryl methyl sites for hydroxylation is 1. The number of nitrogens with zero attached hydrogens (tertiary/aromatic N) is 2. The van der Waals surface area contributed by atoms with Crippen LogP contribution in [-0.4, -0.2) is 22.9 Å². The molecule has 1 unspecified atom stereocenters. The summed E-state index contributed by atoms with van der Waals surface area (Å²) in [6.45, 7) is 3.25. The van der Waals surface area contributed by atoms with Crippen molar-refractivity contribution in [1.29, 1.82) is 0 Å². The van der Waals surface area contributed by atoms with Crippen molar-refractivity contribution in [2.75, 3.05) is 7.05 Å². The number of hydrogen-bond donors (Lipinski definition) is 1. The van der Waals surface area contributed by atoms with Crippen LogP contribution < -0.4 is 5.32 Å². The molecule has 0 saturated heterocycles. The fraction of sp³-hybridized carbons (Fsp3) is 0.700. The van der Waals surface area contributed by atoms with Crippen LogP contribution >= 0.6 is 0 Å². The zero-order valence-corrected chi connectivity index (χ0v) is 8.53. The topological polar surface area (TPSA) is 29.9 Å². The maximum atomic E-state index is 4.16. The van der Waals surface area contributed by atoms with Crippen LogP contribution in [0.5, 0.6) is 0 Å². The van der Waals surface area contributed by atoms with Gasteiger partial charge in [0.05, 0.1) is 0 Å². The first-order valence-corrected chi connectivity index (χ1v) is 5.01. The van der Waals surface area contributed by atoms with E-state index >= 15 is 0 Å². The summed E-state index contributed by atoms with van der Waals surface area (Å²) in [5.41, 5.74) is 0. The van der Waals surface area contributed by atoms with Crippen molar-refractivity contribution in [1.82, 2.24) is 15.1 Å². The van der Waals surface area contributed by atoms with E-state index in [-0.39, 0.29) is 0 Å². The molecule has 0 bridgehead atoms. The Morgan fingerprint density at radius 3 is 2.92 bits per heavy atom. The highest BCUT2D eigenvalue weighted by atomic mass is 15.3. The molecule has 13 heavy (non-hydrogen) atoms. The Kier molecular flexibility index (Phi) is 4.54. The fourth-order valence-electron chi connectivity index (χ4n) is 1.48. The molecule has 1 rings (SSSR count). The van der Waals surface area contributed by atoms with Gasteiger partial charge in [0.15, 0.2) is 0 Å². The predicted octanol–water partition coefficient (Wildman–Crippen LogP) is 1.66. The molecule has 0 amide bonds. The minimum absolute atomic E-state index is 0.663. The quantitative estimate of drug-likeness (QED) is 0.723. The first-order valence-electron chi connectivity index (χ1n) is 5.01. The standard InChI is InChI=1S/C10H19N3/c1-3-10(11-2)6-4-8-13-9-5-7-12-13/h5,7,9-11H,3-4,6,8H2,1-2H3. The van der Waals surface area contributed by atoms with Gasteiger partial charge in [-0.2, -0.15) is 5.10 Å². The van der Waals surface area contributed by atoms with Gasteiger partial charge in [-0.15, -0.1) is 0 Å². The first kappa shape index (κ1) is 10.3. The highest BCUT2D eigenvalue weighted by Crippen LogP contribution is 2.02. The lowest BCUT2D eigenvalue weighted by Gasteiger charge is -2.12. The fourth-order valence-corrected chi connectivity index (χ4v) is 1.48. The molecule has 1 atom stereocenters. The van der Waals surface area contributed by atoms with Gasteiger partial charge in [0.2, 0.25) is 0 Å². The molecule has 0 radical (unpaired) electrons. The Morgan fingerprint density at radius 2 is 2.38 bits per heavy atom. The van der Waals surface area contributed by atoms with Crippen molar-refractivity contribution >= 4 is 0 Å². The van der Waals surface area contributed by atoms with Gasteiger partial charge in [-0.25, -0.2) is 0 Å². The third-order valence-corrected chi connectivity index (χ3v) is 2.40. The van der Waals surface area contributed by atoms with Gasteiger partial charge < -0.3 is 5.32 Å². The van der Waals surface area contributed by atoms with Crippen LogP contribution in [0.15, 0.2) is 18.5 Å². The molecule has 1 heterocycles. The van der Waals surface area contributed by atoms with Crippen molar-refractivity contribution < 1.29 is 0 Å². The van der Waals surface area contributed by atoms with Gasteiger partial charge in [-0.05, 0) is 32.4 Å². The number of nitrogens with one attached hydrogen (secondary N) is 1. The number of aromatic nitrogens is 2. The predicted molar refractivity (Wildman–Crippen MR) is 54.6 cm³/mol. The Morgan fingerprint density at radius 1 is 1.54 bits per heavy atom. The van der Waals surface area contributed by atoms with Gasteiger partial charge in [-0.1, -0.05) is 6.92 Å². The van der Waals surface area contributed by atoms with Crippen molar-refractivity contribution in [2.24, 2.45) is 0 Å². The minimum Gasteiger partial charge on any atom is -0.317 e. The lowest BCUT2D eigenvalue weighted by Crippen LogP contribution is -2.24. The molecule has 0 aliphatic carbocycles. The van der Waals surface area contributed by atoms with Gasteiger partial charge in [-0.3, -0.25) is 4.68 Å². The zero-order valence-electron chi connectivity index (χ0n) is 8.53. The van der Waals surface area contributed by atoms with E-state index in [1.54, 1.807) is 0 Å². The summed E-state index contributed by atoms with van der Waals surface area (Å²) in [5, 5.41) is 7.46. The van der Waals surface area contributed by atoms with Crippen LogP contribution in [0.3, 0.4) is 0 Å². The maximum Gasteiger partial charge on any atom is 0.0489 e. The van der Waals surface area contributed by atoms with Gasteiger partial charge in [0.1, 0.15) is 0 Å². The molecule has 1 aromatic heterocycles. The lowest BCUT2D eigenvalue weighted by molar-refractivity contribution is 0.456. The maximum absolute atomic E-state index is 4.16. The molecule has 0 aliphatic heterocycles. The molecule has 3 nitrogen and oxygen atoms in total. The average molecular weight is 181 g/mol. The SMILES string of the molecule is CCC(CCCn1cccn1)NC. The molecule has 0 aliphatic rings. The van der Waals surface area contributed by atoms with Crippen molar-refractivity contribution in [3.05, 3.63) is 18.5 Å². The van der Waals surface area contributed by atoms with E-state index in [0.717, 1.165) is 6.54 Å². The van der Waals surface area contributed by atoms with E-state index < -0.39 is 0 Å². The monoisotopic (exact) mass is 181 g/mol. The molecule has 1 N–H and O–H groups in total. The molecule has 0 fully saturated rings. The summed E-state index contributed by atoms with van der Waals surface area (Å²) in [7, 11) is 2.03. The number of hydrogen-bond acceptors (Lipinski definition) is 2. The molecular weight excluding hydrogens is 162 g/mol. The Labute approximate surface area is 80.1 Å². The Bertz CT molecular complexity index is 202. The smallest absolute Gasteiger partial charge is 0.0489 e. The zero-order chi connectivity index (χ0) is 9.52. The molecule has 3 heteroatoms. The largest absolute Gasteiger partial charge is 0.317 e. The van der Waals surface area contributed by atoms with Crippen molar-refractivity contribution in [2.45, 2.75) is 38.8 Å². The van der Waals surface area contributed by atoms with Crippen LogP contribution in [0.4, 0.5) is 0 Å². The van der Waals surface area contributed by atoms with Gasteiger partial charge in [0.25, 0.3) is 0 Å². The molecule has 0 aromatic carbocycles. The van der Waals surface area contributed by atoms with Crippen molar-refractivity contribution in [3.63, 3.8) is 0 Å². The van der Waals surface area contributed by atoms with Gasteiger partial charge in [0, 0.05) is 25.0 Å². The average Bonchev–Trinajstić information content (AvgIpc) is 2.65. The molecule has 0 saturated carbocycles. The number of rotatable bonds is 6. The third kappa shape index (κ3) is 3.59. The van der Waals surface area contributed by atoms with Gasteiger partial charge >= 0.3 is 0 Å². The second-order valence-corrected chi connectivity index (χ2v) is 3.31. The second kappa shape index (κ2) is 5.75. The molecule has 1 aromatic rings. The summed E-state index contributed by atoms with van der Waals surface area (Å²) in [6.07, 6.45) is 7.47. The highest BCUT2D eigenvalue weighted by molar-refractivity contribution is 4.77. The van der Waals surface area contributed by atoms with E-state index in [1.165, 1.54) is 19.3 Å². The summed E-state index contributed by atoms with van der Waals surface area (Å²) in [5.74, 6) is 0.